The molecular formula is C9H12IN3O2. The Morgan fingerprint density at radius 3 is 3.07 bits per heavy atom. The minimum atomic E-state index is 0.0812. The van der Waals surface area contributed by atoms with Crippen LogP contribution in [-0.2, 0) is 16.6 Å². The van der Waals surface area contributed by atoms with Gasteiger partial charge in [-0.25, -0.2) is 0 Å². The predicted octanol–water partition coefficient (Wildman–Crippen LogP) is 1.24. The Balaban J connectivity index is 2.24. The smallest absolute Gasteiger partial charge is 0.261 e. The number of nitrogens with zero attached hydrogens (tertiary/aromatic N) is 3. The van der Waals surface area contributed by atoms with Gasteiger partial charge in [0.2, 0.25) is 0 Å². The summed E-state index contributed by atoms with van der Waals surface area (Å²) in [6.07, 6.45) is 1.96. The van der Waals surface area contributed by atoms with Gasteiger partial charge in [0.05, 0.1) is 11.3 Å². The van der Waals surface area contributed by atoms with Gasteiger partial charge in [0.15, 0.2) is 6.61 Å². The van der Waals surface area contributed by atoms with Gasteiger partial charge in [0.1, 0.15) is 6.10 Å². The second kappa shape index (κ2) is 4.38. The second-order valence-corrected chi connectivity index (χ2v) is 4.27. The molecule has 0 fully saturated rings. The van der Waals surface area contributed by atoms with E-state index in [0.29, 0.717) is 12.5 Å². The van der Waals surface area contributed by atoms with Crippen LogP contribution in [0.2, 0.25) is 0 Å². The van der Waals surface area contributed by atoms with Crippen LogP contribution >= 0.6 is 22.6 Å². The van der Waals surface area contributed by atoms with Crippen LogP contribution in [0.4, 0.5) is 0 Å². The molecule has 0 radical (unpaired) electrons. The number of rotatable bonds is 2. The lowest BCUT2D eigenvalue weighted by molar-refractivity contribution is 0.0230. The van der Waals surface area contributed by atoms with Gasteiger partial charge in [-0.2, -0.15) is 5.10 Å². The third-order valence-electron chi connectivity index (χ3n) is 2.10. The van der Waals surface area contributed by atoms with E-state index in [-0.39, 0.29) is 6.10 Å². The number of hydrogen-bond acceptors (Lipinski definition) is 4. The van der Waals surface area contributed by atoms with Crippen LogP contribution in [-0.4, -0.2) is 32.8 Å². The van der Waals surface area contributed by atoms with E-state index in [2.05, 4.69) is 32.8 Å². The van der Waals surface area contributed by atoms with Gasteiger partial charge in [0, 0.05) is 17.7 Å². The maximum absolute atomic E-state index is 5.68. The SMILES string of the molecule is Cc1nn(C)cc1C1=NOCC(CI)O1. The third-order valence-corrected chi connectivity index (χ3v) is 3.08. The molecule has 0 aromatic carbocycles. The van der Waals surface area contributed by atoms with Gasteiger partial charge in [-0.3, -0.25) is 4.68 Å². The molecule has 1 aliphatic heterocycles. The zero-order valence-electron chi connectivity index (χ0n) is 8.61. The standard InChI is InChI=1S/C9H12IN3O2/c1-6-8(4-13(2)11-6)9-12-14-5-7(3-10)15-9/h4,7H,3,5H2,1-2H3. The summed E-state index contributed by atoms with van der Waals surface area (Å²) < 4.78 is 8.31. The van der Waals surface area contributed by atoms with Crippen LogP contribution in [0.3, 0.4) is 0 Å². The summed E-state index contributed by atoms with van der Waals surface area (Å²) in [6.45, 7) is 2.45. The molecule has 1 unspecified atom stereocenters. The highest BCUT2D eigenvalue weighted by Crippen LogP contribution is 2.14. The molecule has 2 rings (SSSR count). The molecule has 15 heavy (non-hydrogen) atoms. The molecule has 0 aliphatic carbocycles. The first-order valence-corrected chi connectivity index (χ1v) is 6.16. The summed E-state index contributed by atoms with van der Waals surface area (Å²) in [4.78, 5) is 5.13. The third kappa shape index (κ3) is 2.24. The fraction of sp³-hybridized carbons (Fsp3) is 0.556. The molecule has 1 aromatic heterocycles. The van der Waals surface area contributed by atoms with Crippen molar-refractivity contribution in [2.45, 2.75) is 13.0 Å². The number of ether oxygens (including phenoxy) is 1. The normalized spacial score (nSPS) is 20.5. The molecule has 0 saturated heterocycles. The van der Waals surface area contributed by atoms with Crippen LogP contribution in [0.15, 0.2) is 11.4 Å². The summed E-state index contributed by atoms with van der Waals surface area (Å²) in [5.41, 5.74) is 1.79. The van der Waals surface area contributed by atoms with E-state index in [0.717, 1.165) is 15.7 Å². The summed E-state index contributed by atoms with van der Waals surface area (Å²) >= 11 is 2.27. The number of aromatic nitrogens is 2. The van der Waals surface area contributed by atoms with Crippen molar-refractivity contribution in [3.05, 3.63) is 17.5 Å². The fourth-order valence-corrected chi connectivity index (χ4v) is 1.82. The molecule has 6 heteroatoms. The Hall–Kier alpha value is -0.790. The largest absolute Gasteiger partial charge is 0.467 e. The maximum atomic E-state index is 5.68. The Kier molecular flexibility index (Phi) is 3.13. The Bertz CT molecular complexity index is 389. The van der Waals surface area contributed by atoms with Gasteiger partial charge in [-0.1, -0.05) is 22.6 Å². The van der Waals surface area contributed by atoms with Gasteiger partial charge in [-0.05, 0) is 12.1 Å². The number of halogens is 1. The topological polar surface area (TPSA) is 48.6 Å². The van der Waals surface area contributed by atoms with Crippen LogP contribution in [0.25, 0.3) is 0 Å². The quantitative estimate of drug-likeness (QED) is 0.608. The molecule has 0 spiro atoms. The lowest BCUT2D eigenvalue weighted by Crippen LogP contribution is -2.29. The average Bonchev–Trinajstić information content (AvgIpc) is 2.58. The molecule has 0 amide bonds. The molecule has 0 bridgehead atoms. The highest BCUT2D eigenvalue weighted by molar-refractivity contribution is 14.1. The monoisotopic (exact) mass is 321 g/mol. The predicted molar refractivity (Wildman–Crippen MR) is 64.2 cm³/mol. The molecule has 1 atom stereocenters. The van der Waals surface area contributed by atoms with Crippen LogP contribution in [0.1, 0.15) is 11.3 Å². The van der Waals surface area contributed by atoms with Crippen LogP contribution in [0, 0.1) is 6.92 Å². The first kappa shape index (κ1) is 10.7. The lowest BCUT2D eigenvalue weighted by atomic mass is 10.2. The first-order valence-electron chi connectivity index (χ1n) is 4.64. The second-order valence-electron chi connectivity index (χ2n) is 3.39. The van der Waals surface area contributed by atoms with E-state index in [1.807, 2.05) is 20.2 Å². The summed E-state index contributed by atoms with van der Waals surface area (Å²) in [7, 11) is 1.87. The summed E-state index contributed by atoms with van der Waals surface area (Å²) in [6, 6.07) is 0. The van der Waals surface area contributed by atoms with Crippen molar-refractivity contribution in [2.24, 2.45) is 12.2 Å². The van der Waals surface area contributed by atoms with Crippen molar-refractivity contribution < 1.29 is 9.57 Å². The Labute approximate surface area is 102 Å². The number of oxime groups is 1. The van der Waals surface area contributed by atoms with E-state index in [1.54, 1.807) is 4.68 Å². The number of hydrogen-bond donors (Lipinski definition) is 0. The van der Waals surface area contributed by atoms with Crippen LogP contribution < -0.4 is 0 Å². The summed E-state index contributed by atoms with van der Waals surface area (Å²) in [5, 5.41) is 8.15. The summed E-state index contributed by atoms with van der Waals surface area (Å²) in [5.74, 6) is 0.536. The van der Waals surface area contributed by atoms with Crippen molar-refractivity contribution in [3.63, 3.8) is 0 Å². The lowest BCUT2D eigenvalue weighted by Gasteiger charge is -2.20. The minimum absolute atomic E-state index is 0.0812. The first-order chi connectivity index (χ1) is 7.20. The molecule has 0 N–H and O–H groups in total. The van der Waals surface area contributed by atoms with Gasteiger partial charge < -0.3 is 9.57 Å². The van der Waals surface area contributed by atoms with Gasteiger partial charge >= 0.3 is 0 Å². The van der Waals surface area contributed by atoms with E-state index in [1.165, 1.54) is 0 Å². The number of alkyl halides is 1. The van der Waals surface area contributed by atoms with E-state index >= 15 is 0 Å². The minimum Gasteiger partial charge on any atom is -0.467 e. The molecule has 2 heterocycles. The Morgan fingerprint density at radius 1 is 1.67 bits per heavy atom. The van der Waals surface area contributed by atoms with Gasteiger partial charge in [-0.15, -0.1) is 0 Å². The molecule has 0 saturated carbocycles. The van der Waals surface area contributed by atoms with Crippen LogP contribution in [0.5, 0.6) is 0 Å². The highest BCUT2D eigenvalue weighted by Gasteiger charge is 2.22. The van der Waals surface area contributed by atoms with Crippen molar-refractivity contribution in [3.8, 4) is 0 Å². The molecular weight excluding hydrogens is 309 g/mol. The maximum Gasteiger partial charge on any atom is 0.261 e. The molecule has 1 aromatic rings. The van der Waals surface area contributed by atoms with Crippen molar-refractivity contribution >= 4 is 28.5 Å². The van der Waals surface area contributed by atoms with E-state index in [4.69, 9.17) is 9.57 Å². The molecule has 82 valence electrons. The fourth-order valence-electron chi connectivity index (χ4n) is 1.39. The average molecular weight is 321 g/mol. The number of aryl methyl sites for hydroxylation is 2. The zero-order valence-corrected chi connectivity index (χ0v) is 10.8. The van der Waals surface area contributed by atoms with Crippen molar-refractivity contribution in [2.75, 3.05) is 11.0 Å². The van der Waals surface area contributed by atoms with Crippen molar-refractivity contribution in [1.82, 2.24) is 9.78 Å². The van der Waals surface area contributed by atoms with Gasteiger partial charge in [0.25, 0.3) is 5.90 Å². The highest BCUT2D eigenvalue weighted by atomic mass is 127. The van der Waals surface area contributed by atoms with E-state index < -0.39 is 0 Å². The Morgan fingerprint density at radius 2 is 2.47 bits per heavy atom. The van der Waals surface area contributed by atoms with E-state index in [9.17, 15) is 0 Å². The zero-order chi connectivity index (χ0) is 10.8. The van der Waals surface area contributed by atoms with Crippen molar-refractivity contribution in [1.29, 1.82) is 0 Å². The molecule has 1 aliphatic rings. The molecule has 5 nitrogen and oxygen atoms in total.